The molecule has 0 unspecified atom stereocenters. The van der Waals surface area contributed by atoms with Crippen LogP contribution in [0.4, 0.5) is 0 Å². The molecule has 2 aliphatic rings. The van der Waals surface area contributed by atoms with Crippen LogP contribution in [0.15, 0.2) is 30.5 Å². The third kappa shape index (κ3) is 4.68. The van der Waals surface area contributed by atoms with Crippen LogP contribution in [0.2, 0.25) is 0 Å². The summed E-state index contributed by atoms with van der Waals surface area (Å²) in [7, 11) is 0. The molecule has 0 spiro atoms. The van der Waals surface area contributed by atoms with E-state index in [1.165, 1.54) is 0 Å². The molecule has 1 saturated carbocycles. The molecule has 2 amide bonds. The lowest BCUT2D eigenvalue weighted by molar-refractivity contribution is -0.130. The van der Waals surface area contributed by atoms with Crippen molar-refractivity contribution in [1.29, 1.82) is 0 Å². The Balaban J connectivity index is 1.53. The Hall–Kier alpha value is -2.63. The monoisotopic (exact) mass is 423 g/mol. The van der Waals surface area contributed by atoms with Crippen LogP contribution in [0.1, 0.15) is 63.2 Å². The van der Waals surface area contributed by atoms with Crippen molar-refractivity contribution in [2.24, 2.45) is 11.3 Å². The number of rotatable bonds is 5. The second-order valence-corrected chi connectivity index (χ2v) is 10.2. The highest BCUT2D eigenvalue weighted by Crippen LogP contribution is 2.38. The smallest absolute Gasteiger partial charge is 0.292 e. The molecule has 2 atom stereocenters. The van der Waals surface area contributed by atoms with Gasteiger partial charge in [0, 0.05) is 36.2 Å². The van der Waals surface area contributed by atoms with Gasteiger partial charge in [0.05, 0.1) is 5.56 Å². The molecule has 166 valence electrons. The number of nitrogens with zero attached hydrogens (tertiary/aromatic N) is 2. The molecule has 1 aromatic heterocycles. The average Bonchev–Trinajstić information content (AvgIpc) is 3.34. The van der Waals surface area contributed by atoms with Gasteiger partial charge in [-0.1, -0.05) is 39.0 Å². The van der Waals surface area contributed by atoms with Gasteiger partial charge in [-0.2, -0.15) is 0 Å². The molecule has 1 aromatic carbocycles. The van der Waals surface area contributed by atoms with Gasteiger partial charge in [0.1, 0.15) is 6.54 Å². The topological polar surface area (TPSA) is 71.4 Å². The van der Waals surface area contributed by atoms with Crippen LogP contribution in [0.25, 0.3) is 10.9 Å². The number of aromatic nitrogens is 1. The van der Waals surface area contributed by atoms with Gasteiger partial charge in [-0.25, -0.2) is 0 Å². The normalized spacial score (nSPS) is 23.1. The fraction of sp³-hybridized carbons (Fsp3) is 0.560. The Morgan fingerprint density at radius 2 is 1.81 bits per heavy atom. The van der Waals surface area contributed by atoms with Gasteiger partial charge in [0.2, 0.25) is 5.91 Å². The molecular weight excluding hydrogens is 390 g/mol. The number of carbonyl (C=O) groups is 3. The SMILES string of the molecule is C[C@@H]1C[C@@H](NC(=O)C(=O)c2cn(CC(=O)N3CCCC3)c3ccccc23)CC(C)(C)C1. The minimum Gasteiger partial charge on any atom is -0.346 e. The summed E-state index contributed by atoms with van der Waals surface area (Å²) in [4.78, 5) is 40.5. The Kier molecular flexibility index (Phi) is 5.91. The first-order chi connectivity index (χ1) is 14.7. The molecule has 0 bridgehead atoms. The zero-order chi connectivity index (χ0) is 22.2. The highest BCUT2D eigenvalue weighted by Gasteiger charge is 2.34. The zero-order valence-electron chi connectivity index (χ0n) is 18.8. The van der Waals surface area contributed by atoms with Crippen molar-refractivity contribution in [3.05, 3.63) is 36.0 Å². The van der Waals surface area contributed by atoms with Gasteiger partial charge < -0.3 is 14.8 Å². The number of Topliss-reactive ketones (excluding diaryl/α,β-unsaturated/α-hetero) is 1. The summed E-state index contributed by atoms with van der Waals surface area (Å²) in [6.07, 6.45) is 6.66. The fourth-order valence-corrected chi connectivity index (χ4v) is 5.60. The lowest BCUT2D eigenvalue weighted by Gasteiger charge is -2.39. The number of benzene rings is 1. The van der Waals surface area contributed by atoms with E-state index in [4.69, 9.17) is 0 Å². The highest BCUT2D eigenvalue weighted by atomic mass is 16.2. The van der Waals surface area contributed by atoms with Crippen molar-refractivity contribution < 1.29 is 14.4 Å². The maximum absolute atomic E-state index is 13.1. The maximum Gasteiger partial charge on any atom is 0.292 e. The van der Waals surface area contributed by atoms with E-state index in [1.54, 1.807) is 6.20 Å². The number of ketones is 1. The minimum atomic E-state index is -0.552. The molecule has 1 saturated heterocycles. The van der Waals surface area contributed by atoms with Crippen LogP contribution in [0, 0.1) is 11.3 Å². The van der Waals surface area contributed by atoms with Crippen LogP contribution in [-0.4, -0.2) is 46.2 Å². The molecule has 2 fully saturated rings. The van der Waals surface area contributed by atoms with E-state index >= 15 is 0 Å². The van der Waals surface area contributed by atoms with Crippen LogP contribution >= 0.6 is 0 Å². The van der Waals surface area contributed by atoms with Crippen molar-refractivity contribution in [3.8, 4) is 0 Å². The van der Waals surface area contributed by atoms with Crippen LogP contribution < -0.4 is 5.32 Å². The Morgan fingerprint density at radius 1 is 1.10 bits per heavy atom. The van der Waals surface area contributed by atoms with Crippen LogP contribution in [0.5, 0.6) is 0 Å². The average molecular weight is 424 g/mol. The minimum absolute atomic E-state index is 0.0142. The molecule has 6 heteroatoms. The molecule has 4 rings (SSSR count). The summed E-state index contributed by atoms with van der Waals surface area (Å²) in [6, 6.07) is 7.50. The van der Waals surface area contributed by atoms with Crippen LogP contribution in [0.3, 0.4) is 0 Å². The van der Waals surface area contributed by atoms with Gasteiger partial charge in [-0.05, 0) is 49.5 Å². The van der Waals surface area contributed by atoms with E-state index < -0.39 is 11.7 Å². The van der Waals surface area contributed by atoms with Gasteiger partial charge >= 0.3 is 0 Å². The molecule has 1 N–H and O–H groups in total. The zero-order valence-corrected chi connectivity index (χ0v) is 18.8. The molecule has 1 aliphatic heterocycles. The predicted molar refractivity (Wildman–Crippen MR) is 121 cm³/mol. The summed E-state index contributed by atoms with van der Waals surface area (Å²) in [5.41, 5.74) is 1.33. The summed E-state index contributed by atoms with van der Waals surface area (Å²) in [6.45, 7) is 8.41. The number of carbonyl (C=O) groups excluding carboxylic acids is 3. The third-order valence-electron chi connectivity index (χ3n) is 6.73. The lowest BCUT2D eigenvalue weighted by Crippen LogP contribution is -2.45. The summed E-state index contributed by atoms with van der Waals surface area (Å²) < 4.78 is 1.81. The van der Waals surface area contributed by atoms with E-state index in [0.717, 1.165) is 50.7 Å². The third-order valence-corrected chi connectivity index (χ3v) is 6.73. The molecule has 6 nitrogen and oxygen atoms in total. The van der Waals surface area contributed by atoms with Gasteiger partial charge in [-0.3, -0.25) is 14.4 Å². The first-order valence-electron chi connectivity index (χ1n) is 11.4. The number of nitrogens with one attached hydrogen (secondary N) is 1. The number of fused-ring (bicyclic) bond motifs is 1. The number of hydrogen-bond donors (Lipinski definition) is 1. The van der Waals surface area contributed by atoms with Gasteiger partial charge in [-0.15, -0.1) is 0 Å². The number of hydrogen-bond acceptors (Lipinski definition) is 3. The predicted octanol–water partition coefficient (Wildman–Crippen LogP) is 3.78. The number of para-hydroxylation sites is 1. The van der Waals surface area contributed by atoms with E-state index in [2.05, 4.69) is 26.1 Å². The first kappa shape index (κ1) is 21.6. The largest absolute Gasteiger partial charge is 0.346 e. The van der Waals surface area contributed by atoms with Crippen molar-refractivity contribution in [2.75, 3.05) is 13.1 Å². The molecule has 2 heterocycles. The summed E-state index contributed by atoms with van der Waals surface area (Å²) in [5, 5.41) is 3.71. The maximum atomic E-state index is 13.1. The van der Waals surface area contributed by atoms with Crippen LogP contribution in [-0.2, 0) is 16.1 Å². The molecule has 2 aromatic rings. The Morgan fingerprint density at radius 3 is 2.52 bits per heavy atom. The lowest BCUT2D eigenvalue weighted by atomic mass is 9.70. The first-order valence-corrected chi connectivity index (χ1v) is 11.4. The molecule has 1 aliphatic carbocycles. The number of likely N-dealkylation sites (tertiary alicyclic amines) is 1. The summed E-state index contributed by atoms with van der Waals surface area (Å²) >= 11 is 0. The second-order valence-electron chi connectivity index (χ2n) is 10.2. The van der Waals surface area contributed by atoms with Crippen molar-refractivity contribution in [3.63, 3.8) is 0 Å². The van der Waals surface area contributed by atoms with Gasteiger partial charge in [0.25, 0.3) is 11.7 Å². The van der Waals surface area contributed by atoms with Gasteiger partial charge in [0.15, 0.2) is 0 Å². The quantitative estimate of drug-likeness (QED) is 0.588. The number of amides is 2. The van der Waals surface area contributed by atoms with Crippen molar-refractivity contribution >= 4 is 28.5 Å². The fourth-order valence-electron chi connectivity index (χ4n) is 5.60. The van der Waals surface area contributed by atoms with Crippen molar-refractivity contribution in [2.45, 2.75) is 65.5 Å². The Labute approximate surface area is 184 Å². The van der Waals surface area contributed by atoms with E-state index in [0.29, 0.717) is 16.9 Å². The standard InChI is InChI=1S/C25H33N3O3/c1-17-12-18(14-25(2,3)13-17)26-24(31)23(30)20-15-28(21-9-5-4-8-19(20)21)16-22(29)27-10-6-7-11-27/h4-5,8-9,15,17-18H,6-7,10-14,16H2,1-3H3,(H,26,31)/t17-,18-/m1/s1. The Bertz CT molecular complexity index is 1000. The second kappa shape index (κ2) is 8.48. The van der Waals surface area contributed by atoms with E-state index in [-0.39, 0.29) is 23.9 Å². The van der Waals surface area contributed by atoms with E-state index in [1.807, 2.05) is 33.7 Å². The molecule has 31 heavy (non-hydrogen) atoms. The van der Waals surface area contributed by atoms with Crippen molar-refractivity contribution in [1.82, 2.24) is 14.8 Å². The molecular formula is C25H33N3O3. The highest BCUT2D eigenvalue weighted by molar-refractivity contribution is 6.45. The molecule has 0 radical (unpaired) electrons. The summed E-state index contributed by atoms with van der Waals surface area (Å²) in [5.74, 6) is -0.508. The van der Waals surface area contributed by atoms with E-state index in [9.17, 15) is 14.4 Å².